The average Bonchev–Trinajstić information content (AvgIpc) is 2.86. The SMILES string of the molecule is CCCc1nc(C2CCCC2)n(C(C)(C)C)c1N. The van der Waals surface area contributed by atoms with Crippen LogP contribution in [0.3, 0.4) is 0 Å². The molecule has 0 unspecified atom stereocenters. The standard InChI is InChI=1S/C15H27N3/c1-5-8-12-13(16)18(15(2,3)4)14(17-12)11-9-6-7-10-11/h11H,5-10,16H2,1-4H3. The second-order valence-corrected chi connectivity index (χ2v) is 6.54. The highest BCUT2D eigenvalue weighted by molar-refractivity contribution is 5.40. The summed E-state index contributed by atoms with van der Waals surface area (Å²) in [5.74, 6) is 2.75. The van der Waals surface area contributed by atoms with Gasteiger partial charge in [0.1, 0.15) is 11.6 Å². The average molecular weight is 249 g/mol. The van der Waals surface area contributed by atoms with E-state index in [4.69, 9.17) is 10.7 Å². The van der Waals surface area contributed by atoms with Crippen LogP contribution in [0.1, 0.15) is 77.2 Å². The maximum absolute atomic E-state index is 6.34. The summed E-state index contributed by atoms with van der Waals surface area (Å²) in [6, 6.07) is 0. The highest BCUT2D eigenvalue weighted by Crippen LogP contribution is 2.38. The Bertz CT molecular complexity index is 406. The molecule has 0 bridgehead atoms. The molecule has 0 amide bonds. The number of aromatic nitrogens is 2. The fourth-order valence-electron chi connectivity index (χ4n) is 3.08. The minimum Gasteiger partial charge on any atom is -0.384 e. The van der Waals surface area contributed by atoms with Crippen LogP contribution in [0.2, 0.25) is 0 Å². The number of nitrogen functional groups attached to an aromatic ring is 1. The van der Waals surface area contributed by atoms with Gasteiger partial charge in [0.2, 0.25) is 0 Å². The summed E-state index contributed by atoms with van der Waals surface area (Å²) in [4.78, 5) is 4.89. The Balaban J connectivity index is 2.45. The van der Waals surface area contributed by atoms with Crippen molar-refractivity contribution in [1.29, 1.82) is 0 Å². The number of aryl methyl sites for hydroxylation is 1. The molecule has 0 atom stereocenters. The lowest BCUT2D eigenvalue weighted by molar-refractivity contribution is 0.377. The Morgan fingerprint density at radius 1 is 1.28 bits per heavy atom. The lowest BCUT2D eigenvalue weighted by Gasteiger charge is -2.27. The van der Waals surface area contributed by atoms with Gasteiger partial charge in [-0.1, -0.05) is 26.2 Å². The highest BCUT2D eigenvalue weighted by atomic mass is 15.2. The summed E-state index contributed by atoms with van der Waals surface area (Å²) >= 11 is 0. The van der Waals surface area contributed by atoms with Crippen molar-refractivity contribution in [2.75, 3.05) is 5.73 Å². The van der Waals surface area contributed by atoms with E-state index in [1.54, 1.807) is 0 Å². The van der Waals surface area contributed by atoms with E-state index in [1.165, 1.54) is 31.5 Å². The molecule has 1 fully saturated rings. The summed E-state index contributed by atoms with van der Waals surface area (Å²) in [5.41, 5.74) is 7.48. The fraction of sp³-hybridized carbons (Fsp3) is 0.800. The summed E-state index contributed by atoms with van der Waals surface area (Å²) in [6.07, 6.45) is 7.33. The van der Waals surface area contributed by atoms with Crippen molar-refractivity contribution in [2.45, 2.75) is 77.7 Å². The van der Waals surface area contributed by atoms with Crippen LogP contribution in [0.25, 0.3) is 0 Å². The first-order valence-corrected chi connectivity index (χ1v) is 7.32. The van der Waals surface area contributed by atoms with Gasteiger partial charge in [-0.15, -0.1) is 0 Å². The van der Waals surface area contributed by atoms with Gasteiger partial charge in [0.25, 0.3) is 0 Å². The van der Waals surface area contributed by atoms with Crippen molar-refractivity contribution in [1.82, 2.24) is 9.55 Å². The van der Waals surface area contributed by atoms with Gasteiger partial charge in [-0.2, -0.15) is 0 Å². The molecule has 0 spiro atoms. The lowest BCUT2D eigenvalue weighted by Crippen LogP contribution is -2.26. The van der Waals surface area contributed by atoms with Gasteiger partial charge in [-0.05, 0) is 40.0 Å². The Morgan fingerprint density at radius 2 is 1.89 bits per heavy atom. The molecular formula is C15H27N3. The van der Waals surface area contributed by atoms with E-state index in [0.717, 1.165) is 24.4 Å². The van der Waals surface area contributed by atoms with E-state index in [1.807, 2.05) is 0 Å². The van der Waals surface area contributed by atoms with Crippen LogP contribution in [-0.4, -0.2) is 9.55 Å². The van der Waals surface area contributed by atoms with E-state index in [2.05, 4.69) is 32.3 Å². The zero-order valence-corrected chi connectivity index (χ0v) is 12.3. The number of hydrogen-bond donors (Lipinski definition) is 1. The molecule has 1 heterocycles. The first-order chi connectivity index (χ1) is 8.45. The van der Waals surface area contributed by atoms with Crippen molar-refractivity contribution >= 4 is 5.82 Å². The number of imidazole rings is 1. The minimum absolute atomic E-state index is 0.0288. The Kier molecular flexibility index (Phi) is 3.69. The van der Waals surface area contributed by atoms with Gasteiger partial charge in [-0.25, -0.2) is 4.98 Å². The molecule has 3 heteroatoms. The number of hydrogen-bond acceptors (Lipinski definition) is 2. The van der Waals surface area contributed by atoms with E-state index in [-0.39, 0.29) is 5.54 Å². The van der Waals surface area contributed by atoms with E-state index < -0.39 is 0 Å². The fourth-order valence-corrected chi connectivity index (χ4v) is 3.08. The Labute approximate surface area is 111 Å². The summed E-state index contributed by atoms with van der Waals surface area (Å²) < 4.78 is 2.29. The van der Waals surface area contributed by atoms with Crippen molar-refractivity contribution in [3.63, 3.8) is 0 Å². The third-order valence-corrected chi connectivity index (χ3v) is 3.89. The van der Waals surface area contributed by atoms with Crippen LogP contribution in [-0.2, 0) is 12.0 Å². The predicted molar refractivity (Wildman–Crippen MR) is 76.8 cm³/mol. The van der Waals surface area contributed by atoms with Crippen molar-refractivity contribution < 1.29 is 0 Å². The molecule has 18 heavy (non-hydrogen) atoms. The molecule has 2 N–H and O–H groups in total. The van der Waals surface area contributed by atoms with Gasteiger partial charge >= 0.3 is 0 Å². The molecule has 1 aliphatic carbocycles. The van der Waals surface area contributed by atoms with E-state index in [9.17, 15) is 0 Å². The van der Waals surface area contributed by atoms with Gasteiger partial charge in [0.05, 0.1) is 5.69 Å². The normalized spacial score (nSPS) is 17.6. The zero-order chi connectivity index (χ0) is 13.3. The van der Waals surface area contributed by atoms with Gasteiger partial charge in [0, 0.05) is 11.5 Å². The zero-order valence-electron chi connectivity index (χ0n) is 12.3. The molecule has 1 aliphatic rings. The first-order valence-electron chi connectivity index (χ1n) is 7.32. The third kappa shape index (κ3) is 2.40. The lowest BCUT2D eigenvalue weighted by atomic mass is 10.0. The van der Waals surface area contributed by atoms with Crippen LogP contribution in [0.4, 0.5) is 5.82 Å². The first kappa shape index (κ1) is 13.4. The maximum atomic E-state index is 6.34. The van der Waals surface area contributed by atoms with Crippen LogP contribution >= 0.6 is 0 Å². The molecule has 2 rings (SSSR count). The summed E-state index contributed by atoms with van der Waals surface area (Å²) in [5, 5.41) is 0. The van der Waals surface area contributed by atoms with E-state index >= 15 is 0 Å². The monoisotopic (exact) mass is 249 g/mol. The number of anilines is 1. The quantitative estimate of drug-likeness (QED) is 0.884. The largest absolute Gasteiger partial charge is 0.384 e. The molecule has 3 nitrogen and oxygen atoms in total. The second kappa shape index (κ2) is 4.94. The van der Waals surface area contributed by atoms with Crippen LogP contribution in [0.15, 0.2) is 0 Å². The minimum atomic E-state index is 0.0288. The maximum Gasteiger partial charge on any atom is 0.127 e. The molecule has 0 saturated heterocycles. The molecule has 0 radical (unpaired) electrons. The van der Waals surface area contributed by atoms with Crippen molar-refractivity contribution in [2.24, 2.45) is 0 Å². The Morgan fingerprint density at radius 3 is 2.39 bits per heavy atom. The molecule has 1 aromatic heterocycles. The Hall–Kier alpha value is -0.990. The molecule has 1 saturated carbocycles. The highest BCUT2D eigenvalue weighted by Gasteiger charge is 2.29. The molecule has 0 aromatic carbocycles. The molecule has 0 aliphatic heterocycles. The van der Waals surface area contributed by atoms with Gasteiger partial charge in [0.15, 0.2) is 0 Å². The second-order valence-electron chi connectivity index (χ2n) is 6.54. The summed E-state index contributed by atoms with van der Waals surface area (Å²) in [7, 11) is 0. The predicted octanol–water partition coefficient (Wildman–Crippen LogP) is 3.83. The van der Waals surface area contributed by atoms with Gasteiger partial charge < -0.3 is 10.3 Å². The van der Waals surface area contributed by atoms with Crippen LogP contribution in [0.5, 0.6) is 0 Å². The van der Waals surface area contributed by atoms with Gasteiger partial charge in [-0.3, -0.25) is 0 Å². The van der Waals surface area contributed by atoms with Crippen molar-refractivity contribution in [3.05, 3.63) is 11.5 Å². The number of rotatable bonds is 3. The topological polar surface area (TPSA) is 43.8 Å². The van der Waals surface area contributed by atoms with Crippen LogP contribution in [0, 0.1) is 0 Å². The van der Waals surface area contributed by atoms with Crippen LogP contribution < -0.4 is 5.73 Å². The third-order valence-electron chi connectivity index (χ3n) is 3.89. The smallest absolute Gasteiger partial charge is 0.127 e. The number of nitrogens with zero attached hydrogens (tertiary/aromatic N) is 2. The summed E-state index contributed by atoms with van der Waals surface area (Å²) in [6.45, 7) is 8.85. The van der Waals surface area contributed by atoms with Crippen molar-refractivity contribution in [3.8, 4) is 0 Å². The van der Waals surface area contributed by atoms with E-state index in [0.29, 0.717) is 5.92 Å². The molecule has 1 aromatic rings. The molecule has 102 valence electrons. The molecular weight excluding hydrogens is 222 g/mol. The number of nitrogens with two attached hydrogens (primary N) is 1.